The summed E-state index contributed by atoms with van der Waals surface area (Å²) >= 11 is 1.73. The molecule has 1 aromatic heterocycles. The SMILES string of the molecule is CN=C(NCCCCc1nc(C)cs1)NC(C)c1ccc(C)c(F)c1.I. The highest BCUT2D eigenvalue weighted by atomic mass is 127. The Balaban J connectivity index is 0.00000338. The molecule has 2 aromatic rings. The first-order valence-electron chi connectivity index (χ1n) is 8.64. The molecule has 0 aliphatic heterocycles. The summed E-state index contributed by atoms with van der Waals surface area (Å²) in [4.78, 5) is 8.72. The third-order valence-electron chi connectivity index (χ3n) is 4.05. The number of hydrogen-bond acceptors (Lipinski definition) is 3. The van der Waals surface area contributed by atoms with Gasteiger partial charge in [-0.1, -0.05) is 12.1 Å². The predicted molar refractivity (Wildman–Crippen MR) is 119 cm³/mol. The smallest absolute Gasteiger partial charge is 0.191 e. The summed E-state index contributed by atoms with van der Waals surface area (Å²) in [7, 11) is 1.75. The van der Waals surface area contributed by atoms with E-state index in [1.54, 1.807) is 37.4 Å². The largest absolute Gasteiger partial charge is 0.356 e. The molecule has 2 N–H and O–H groups in total. The molecule has 1 aromatic carbocycles. The highest BCUT2D eigenvalue weighted by molar-refractivity contribution is 14.0. The van der Waals surface area contributed by atoms with Crippen LogP contribution in [0.2, 0.25) is 0 Å². The molecule has 0 amide bonds. The van der Waals surface area contributed by atoms with Crippen LogP contribution in [0.15, 0.2) is 28.6 Å². The number of aromatic nitrogens is 1. The van der Waals surface area contributed by atoms with Gasteiger partial charge in [-0.15, -0.1) is 35.3 Å². The normalized spacial score (nSPS) is 12.4. The first-order chi connectivity index (χ1) is 12.0. The van der Waals surface area contributed by atoms with Crippen molar-refractivity contribution in [1.29, 1.82) is 0 Å². The van der Waals surface area contributed by atoms with Crippen molar-refractivity contribution >= 4 is 41.3 Å². The quantitative estimate of drug-likeness (QED) is 0.255. The first-order valence-corrected chi connectivity index (χ1v) is 9.52. The molecule has 1 atom stereocenters. The van der Waals surface area contributed by atoms with Crippen LogP contribution in [0, 0.1) is 19.7 Å². The Morgan fingerprint density at radius 2 is 2.08 bits per heavy atom. The van der Waals surface area contributed by atoms with Crippen molar-refractivity contribution in [3.8, 4) is 0 Å². The lowest BCUT2D eigenvalue weighted by molar-refractivity contribution is 0.606. The van der Waals surface area contributed by atoms with Crippen molar-refractivity contribution in [3.63, 3.8) is 0 Å². The Labute approximate surface area is 176 Å². The Kier molecular flexibility index (Phi) is 10.1. The summed E-state index contributed by atoms with van der Waals surface area (Å²) in [6, 6.07) is 5.31. The summed E-state index contributed by atoms with van der Waals surface area (Å²) in [5.41, 5.74) is 2.67. The van der Waals surface area contributed by atoms with E-state index < -0.39 is 0 Å². The van der Waals surface area contributed by atoms with Crippen LogP contribution in [-0.4, -0.2) is 24.5 Å². The fourth-order valence-corrected chi connectivity index (χ4v) is 3.31. The second-order valence-corrected chi connectivity index (χ2v) is 7.16. The zero-order chi connectivity index (χ0) is 18.2. The van der Waals surface area contributed by atoms with E-state index in [2.05, 4.69) is 26.0 Å². The summed E-state index contributed by atoms with van der Waals surface area (Å²) < 4.78 is 13.7. The molecule has 0 fully saturated rings. The second-order valence-electron chi connectivity index (χ2n) is 6.21. The van der Waals surface area contributed by atoms with Crippen LogP contribution in [0.25, 0.3) is 0 Å². The number of unbranched alkanes of at least 4 members (excludes halogenated alkanes) is 1. The highest BCUT2D eigenvalue weighted by Gasteiger charge is 2.09. The minimum atomic E-state index is -0.175. The van der Waals surface area contributed by atoms with Gasteiger partial charge in [-0.25, -0.2) is 9.37 Å². The number of hydrogen-bond donors (Lipinski definition) is 2. The second kappa shape index (κ2) is 11.5. The van der Waals surface area contributed by atoms with Crippen molar-refractivity contribution in [2.75, 3.05) is 13.6 Å². The zero-order valence-electron chi connectivity index (χ0n) is 15.8. The van der Waals surface area contributed by atoms with Gasteiger partial charge in [0.05, 0.1) is 11.0 Å². The van der Waals surface area contributed by atoms with Crippen LogP contribution in [0.4, 0.5) is 4.39 Å². The van der Waals surface area contributed by atoms with E-state index in [9.17, 15) is 4.39 Å². The van der Waals surface area contributed by atoms with Gasteiger partial charge in [0, 0.05) is 24.7 Å². The minimum absolute atomic E-state index is 0. The van der Waals surface area contributed by atoms with Gasteiger partial charge < -0.3 is 10.6 Å². The number of aryl methyl sites for hydroxylation is 3. The average molecular weight is 490 g/mol. The lowest BCUT2D eigenvalue weighted by Gasteiger charge is -2.18. The Hall–Kier alpha value is -1.22. The predicted octanol–water partition coefficient (Wildman–Crippen LogP) is 4.77. The summed E-state index contributed by atoms with van der Waals surface area (Å²) in [5.74, 6) is 0.560. The van der Waals surface area contributed by atoms with E-state index in [0.29, 0.717) is 5.56 Å². The number of aliphatic imine (C=N–C) groups is 1. The van der Waals surface area contributed by atoms with Crippen LogP contribution in [-0.2, 0) is 6.42 Å². The van der Waals surface area contributed by atoms with E-state index in [1.807, 2.05) is 19.9 Å². The molecule has 0 saturated carbocycles. The van der Waals surface area contributed by atoms with Crippen molar-refractivity contribution in [2.24, 2.45) is 4.99 Å². The molecule has 26 heavy (non-hydrogen) atoms. The summed E-state index contributed by atoms with van der Waals surface area (Å²) in [6.45, 7) is 6.64. The lowest BCUT2D eigenvalue weighted by atomic mass is 10.1. The Morgan fingerprint density at radius 3 is 2.69 bits per heavy atom. The van der Waals surface area contributed by atoms with Crippen LogP contribution in [0.1, 0.15) is 47.6 Å². The van der Waals surface area contributed by atoms with E-state index in [1.165, 1.54) is 5.01 Å². The van der Waals surface area contributed by atoms with Crippen molar-refractivity contribution in [2.45, 2.75) is 46.1 Å². The van der Waals surface area contributed by atoms with Gasteiger partial charge in [-0.3, -0.25) is 4.99 Å². The maximum Gasteiger partial charge on any atom is 0.191 e. The standard InChI is InChI=1S/C19H27FN4S.HI/c1-13-8-9-16(11-17(13)20)15(3)24-19(21-4)22-10-6-5-7-18-23-14(2)12-25-18;/h8-9,11-12,15H,5-7,10H2,1-4H3,(H2,21,22,24);1H. The van der Waals surface area contributed by atoms with Crippen molar-refractivity contribution < 1.29 is 4.39 Å². The van der Waals surface area contributed by atoms with E-state index in [0.717, 1.165) is 43.0 Å². The molecule has 1 heterocycles. The molecule has 0 aliphatic carbocycles. The van der Waals surface area contributed by atoms with E-state index >= 15 is 0 Å². The first kappa shape index (κ1) is 22.8. The summed E-state index contributed by atoms with van der Waals surface area (Å²) in [5, 5.41) is 9.91. The van der Waals surface area contributed by atoms with Crippen LogP contribution >= 0.6 is 35.3 Å². The van der Waals surface area contributed by atoms with Crippen LogP contribution in [0.3, 0.4) is 0 Å². The van der Waals surface area contributed by atoms with Gasteiger partial charge in [-0.05, 0) is 57.2 Å². The van der Waals surface area contributed by atoms with Crippen LogP contribution in [0.5, 0.6) is 0 Å². The molecule has 0 radical (unpaired) electrons. The van der Waals surface area contributed by atoms with Gasteiger partial charge in [0.1, 0.15) is 5.82 Å². The third kappa shape index (κ3) is 7.19. The summed E-state index contributed by atoms with van der Waals surface area (Å²) in [6.07, 6.45) is 3.16. The molecule has 0 saturated heterocycles. The Bertz CT molecular complexity index is 717. The van der Waals surface area contributed by atoms with Gasteiger partial charge in [0.25, 0.3) is 0 Å². The highest BCUT2D eigenvalue weighted by Crippen LogP contribution is 2.16. The number of halogens is 2. The molecular weight excluding hydrogens is 462 g/mol. The number of guanidine groups is 1. The number of nitrogens with zero attached hydrogens (tertiary/aromatic N) is 2. The number of nitrogens with one attached hydrogen (secondary N) is 2. The van der Waals surface area contributed by atoms with E-state index in [-0.39, 0.29) is 35.8 Å². The molecule has 2 rings (SSSR count). The molecule has 0 bridgehead atoms. The monoisotopic (exact) mass is 490 g/mol. The van der Waals surface area contributed by atoms with Crippen molar-refractivity contribution in [3.05, 3.63) is 51.2 Å². The molecule has 0 spiro atoms. The molecule has 1 unspecified atom stereocenters. The van der Waals surface area contributed by atoms with Gasteiger partial charge in [0.15, 0.2) is 5.96 Å². The van der Waals surface area contributed by atoms with Gasteiger partial charge >= 0.3 is 0 Å². The fourth-order valence-electron chi connectivity index (χ4n) is 2.49. The average Bonchev–Trinajstić information content (AvgIpc) is 3.01. The Morgan fingerprint density at radius 1 is 1.31 bits per heavy atom. The maximum absolute atomic E-state index is 13.7. The fraction of sp³-hybridized carbons (Fsp3) is 0.474. The molecule has 7 heteroatoms. The molecule has 144 valence electrons. The van der Waals surface area contributed by atoms with Gasteiger partial charge in [0.2, 0.25) is 0 Å². The molecule has 4 nitrogen and oxygen atoms in total. The van der Waals surface area contributed by atoms with E-state index in [4.69, 9.17) is 0 Å². The van der Waals surface area contributed by atoms with Gasteiger partial charge in [-0.2, -0.15) is 0 Å². The number of rotatable bonds is 7. The van der Waals surface area contributed by atoms with Crippen LogP contribution < -0.4 is 10.6 Å². The lowest BCUT2D eigenvalue weighted by Crippen LogP contribution is -2.39. The topological polar surface area (TPSA) is 49.3 Å². The van der Waals surface area contributed by atoms with Crippen molar-refractivity contribution in [1.82, 2.24) is 15.6 Å². The minimum Gasteiger partial charge on any atom is -0.356 e. The third-order valence-corrected chi connectivity index (χ3v) is 5.08. The number of benzene rings is 1. The molecular formula is C19H28FIN4S. The zero-order valence-corrected chi connectivity index (χ0v) is 19.0. The maximum atomic E-state index is 13.7. The number of thiazole rings is 1. The molecule has 0 aliphatic rings.